The minimum absolute atomic E-state index is 0.159. The normalized spacial score (nSPS) is 12.5. The van der Waals surface area contributed by atoms with Crippen molar-refractivity contribution < 1.29 is 19.4 Å². The van der Waals surface area contributed by atoms with Gasteiger partial charge in [-0.1, -0.05) is 53.3 Å². The van der Waals surface area contributed by atoms with Gasteiger partial charge in [-0.3, -0.25) is 0 Å². The number of hydrogen-bond donors (Lipinski definition) is 3. The van der Waals surface area contributed by atoms with Crippen LogP contribution in [-0.4, -0.2) is 14.9 Å². The van der Waals surface area contributed by atoms with Crippen LogP contribution in [0.15, 0.2) is 34.1 Å². The third-order valence-electron chi connectivity index (χ3n) is 4.57. The summed E-state index contributed by atoms with van der Waals surface area (Å²) in [5.41, 5.74) is 3.32. The lowest BCUT2D eigenvalue weighted by Crippen LogP contribution is -2.13. The van der Waals surface area contributed by atoms with Crippen molar-refractivity contribution in [2.45, 2.75) is 76.0 Å². The van der Waals surface area contributed by atoms with Gasteiger partial charge in [0.2, 0.25) is 0 Å². The molecule has 0 aliphatic rings. The maximum absolute atomic E-state index is 10.5. The molecule has 0 aromatic heterocycles. The van der Waals surface area contributed by atoms with Gasteiger partial charge in [0.05, 0.1) is 0 Å². The summed E-state index contributed by atoms with van der Waals surface area (Å²) in [7, 11) is -2.47. The Hall–Kier alpha value is -1.26. The topological polar surface area (TPSA) is 69.9 Å². The van der Waals surface area contributed by atoms with Gasteiger partial charge in [0, 0.05) is 20.9 Å². The van der Waals surface area contributed by atoms with Crippen molar-refractivity contribution in [2.75, 3.05) is 0 Å². The smallest absolute Gasteiger partial charge is 0.391 e. The summed E-state index contributed by atoms with van der Waals surface area (Å²) in [6, 6.07) is 7.97. The van der Waals surface area contributed by atoms with E-state index in [0.29, 0.717) is 11.5 Å². The van der Waals surface area contributed by atoms with Gasteiger partial charge in [0.15, 0.2) is 0 Å². The Morgan fingerprint density at radius 1 is 0.821 bits per heavy atom. The van der Waals surface area contributed by atoms with Crippen LogP contribution in [0.2, 0.25) is 0 Å². The van der Waals surface area contributed by atoms with Gasteiger partial charge in [0.25, 0.3) is 0 Å². The zero-order chi connectivity index (χ0) is 21.4. The summed E-state index contributed by atoms with van der Waals surface area (Å²) in [6.45, 7) is 16.4. The van der Waals surface area contributed by atoms with Crippen molar-refractivity contribution in [3.05, 3.63) is 46.5 Å². The molecule has 3 N–H and O–H groups in total. The molecule has 2 aromatic carbocycles. The number of benzene rings is 2. The molecule has 0 saturated carbocycles. The molecule has 0 bridgehead atoms. The summed E-state index contributed by atoms with van der Waals surface area (Å²) in [4.78, 5) is 20.8. The number of rotatable bonds is 4. The molecule has 154 valence electrons. The average Bonchev–Trinajstić information content (AvgIpc) is 2.50. The lowest BCUT2D eigenvalue weighted by Gasteiger charge is -2.25. The van der Waals surface area contributed by atoms with E-state index < -0.39 is 8.60 Å². The van der Waals surface area contributed by atoms with Crippen LogP contribution in [0.1, 0.15) is 63.8 Å². The van der Waals surface area contributed by atoms with Crippen LogP contribution in [0.25, 0.3) is 0 Å². The summed E-state index contributed by atoms with van der Waals surface area (Å²) in [6.07, 6.45) is 0. The van der Waals surface area contributed by atoms with E-state index in [1.165, 1.54) is 0 Å². The molecular formula is C22H31O4PS. The van der Waals surface area contributed by atoms with Crippen LogP contribution in [0, 0.1) is 13.8 Å². The Kier molecular flexibility index (Phi) is 6.77. The molecule has 0 fully saturated rings. The fourth-order valence-electron chi connectivity index (χ4n) is 3.03. The van der Waals surface area contributed by atoms with Crippen molar-refractivity contribution >= 4 is 20.4 Å². The van der Waals surface area contributed by atoms with Gasteiger partial charge in [-0.25, -0.2) is 0 Å². The first-order valence-corrected chi connectivity index (χ1v) is 11.2. The Balaban J connectivity index is 2.54. The molecule has 0 saturated heterocycles. The molecular weight excluding hydrogens is 391 g/mol. The third kappa shape index (κ3) is 5.42. The van der Waals surface area contributed by atoms with Gasteiger partial charge in [0.1, 0.15) is 11.5 Å². The number of hydrogen-bond acceptors (Lipinski definition) is 5. The molecule has 6 heteroatoms. The van der Waals surface area contributed by atoms with E-state index >= 15 is 0 Å². The van der Waals surface area contributed by atoms with Gasteiger partial charge >= 0.3 is 8.60 Å². The van der Waals surface area contributed by atoms with Crippen LogP contribution >= 0.6 is 20.4 Å². The highest BCUT2D eigenvalue weighted by Gasteiger charge is 2.24. The third-order valence-corrected chi connectivity index (χ3v) is 6.07. The highest BCUT2D eigenvalue weighted by Crippen LogP contribution is 2.44. The zero-order valence-corrected chi connectivity index (χ0v) is 19.6. The molecule has 0 aliphatic carbocycles. The summed E-state index contributed by atoms with van der Waals surface area (Å²) in [5.74, 6) is 0.856. The first kappa shape index (κ1) is 23.0. The first-order valence-electron chi connectivity index (χ1n) is 9.23. The minimum Gasteiger partial charge on any atom is -0.507 e. The number of phenols is 1. The van der Waals surface area contributed by atoms with Crippen molar-refractivity contribution in [2.24, 2.45) is 0 Å². The van der Waals surface area contributed by atoms with Crippen molar-refractivity contribution in [1.82, 2.24) is 0 Å². The summed E-state index contributed by atoms with van der Waals surface area (Å²) < 4.78 is 5.29. The van der Waals surface area contributed by atoms with Crippen LogP contribution in [0.3, 0.4) is 0 Å². The standard InChI is InChI=1S/C22H31O4PS/c1-13-10-18(26-27(24)25)16(21(3,4)5)12-19(13)28-15-9-14(2)20(23)17(11-15)22(6,7)8/h9-12,23-25H,1-8H3. The fourth-order valence-corrected chi connectivity index (χ4v) is 4.42. The number of aryl methyl sites for hydroxylation is 2. The lowest BCUT2D eigenvalue weighted by atomic mass is 9.85. The van der Waals surface area contributed by atoms with Crippen molar-refractivity contribution in [3.8, 4) is 11.5 Å². The van der Waals surface area contributed by atoms with E-state index in [-0.39, 0.29) is 10.8 Å². The second kappa shape index (κ2) is 8.23. The van der Waals surface area contributed by atoms with Crippen molar-refractivity contribution in [1.29, 1.82) is 0 Å². The van der Waals surface area contributed by atoms with Crippen LogP contribution in [0.4, 0.5) is 0 Å². The summed E-state index contributed by atoms with van der Waals surface area (Å²) >= 11 is 1.64. The predicted molar refractivity (Wildman–Crippen MR) is 118 cm³/mol. The Morgan fingerprint density at radius 2 is 1.39 bits per heavy atom. The van der Waals surface area contributed by atoms with Crippen LogP contribution < -0.4 is 4.52 Å². The van der Waals surface area contributed by atoms with Gasteiger partial charge in [-0.05, 0) is 60.1 Å². The van der Waals surface area contributed by atoms with E-state index in [9.17, 15) is 14.9 Å². The molecule has 0 aliphatic heterocycles. The quantitative estimate of drug-likeness (QED) is 0.501. The molecule has 0 radical (unpaired) electrons. The van der Waals surface area contributed by atoms with E-state index in [0.717, 1.165) is 32.0 Å². The molecule has 2 rings (SSSR count). The second-order valence-corrected chi connectivity index (χ2v) is 11.0. The highest BCUT2D eigenvalue weighted by atomic mass is 32.2. The van der Waals surface area contributed by atoms with Crippen molar-refractivity contribution in [3.63, 3.8) is 0 Å². The second-order valence-electron chi connectivity index (χ2n) is 9.20. The Morgan fingerprint density at radius 3 is 1.89 bits per heavy atom. The van der Waals surface area contributed by atoms with Gasteiger partial charge < -0.3 is 19.4 Å². The maximum atomic E-state index is 10.5. The zero-order valence-electron chi connectivity index (χ0n) is 17.9. The molecule has 0 amide bonds. The minimum atomic E-state index is -2.47. The van der Waals surface area contributed by atoms with Crippen LogP contribution in [-0.2, 0) is 10.8 Å². The summed E-state index contributed by atoms with van der Waals surface area (Å²) in [5, 5.41) is 10.5. The van der Waals surface area contributed by atoms with Crippen LogP contribution in [0.5, 0.6) is 11.5 Å². The molecule has 0 unspecified atom stereocenters. The molecule has 2 aromatic rings. The van der Waals surface area contributed by atoms with E-state index in [2.05, 4.69) is 47.6 Å². The fraction of sp³-hybridized carbons (Fsp3) is 0.455. The average molecular weight is 423 g/mol. The van der Waals surface area contributed by atoms with Gasteiger partial charge in [-0.2, -0.15) is 0 Å². The van der Waals surface area contributed by atoms with Gasteiger partial charge in [-0.15, -0.1) is 0 Å². The monoisotopic (exact) mass is 422 g/mol. The highest BCUT2D eigenvalue weighted by molar-refractivity contribution is 7.99. The maximum Gasteiger partial charge on any atom is 0.391 e. The first-order chi connectivity index (χ1) is 12.7. The van der Waals surface area contributed by atoms with E-state index in [1.807, 2.05) is 32.0 Å². The molecule has 0 heterocycles. The Labute approximate surface area is 174 Å². The number of aromatic hydroxyl groups is 1. The lowest BCUT2D eigenvalue weighted by molar-refractivity contribution is 0.369. The molecule has 0 spiro atoms. The SMILES string of the molecule is Cc1cc(OP(O)O)c(C(C)(C)C)cc1Sc1cc(C)c(O)c(C(C)(C)C)c1. The van der Waals surface area contributed by atoms with E-state index in [1.54, 1.807) is 11.8 Å². The molecule has 28 heavy (non-hydrogen) atoms. The Bertz CT molecular complexity index is 864. The molecule has 0 atom stereocenters. The molecule has 4 nitrogen and oxygen atoms in total. The predicted octanol–water partition coefficient (Wildman–Crippen LogP) is 6.35. The number of phenolic OH excluding ortho intramolecular Hbond substituents is 1. The van der Waals surface area contributed by atoms with E-state index in [4.69, 9.17) is 4.52 Å². The largest absolute Gasteiger partial charge is 0.507 e.